The van der Waals surface area contributed by atoms with E-state index in [9.17, 15) is 9.90 Å². The molecule has 0 saturated heterocycles. The number of ketones is 1. The van der Waals surface area contributed by atoms with E-state index in [1.54, 1.807) is 24.3 Å². The van der Waals surface area contributed by atoms with Crippen LogP contribution >= 0.6 is 15.9 Å². The highest BCUT2D eigenvalue weighted by molar-refractivity contribution is 9.09. The van der Waals surface area contributed by atoms with Gasteiger partial charge in [0.2, 0.25) is 0 Å². The Bertz CT molecular complexity index is 511. The van der Waals surface area contributed by atoms with Gasteiger partial charge in [0.25, 0.3) is 0 Å². The Labute approximate surface area is 114 Å². The summed E-state index contributed by atoms with van der Waals surface area (Å²) in [6.07, 6.45) is -1.09. The summed E-state index contributed by atoms with van der Waals surface area (Å²) in [5.74, 6) is -0.277. The number of benzene rings is 2. The van der Waals surface area contributed by atoms with E-state index in [0.717, 1.165) is 5.56 Å². The maximum atomic E-state index is 12.1. The zero-order valence-corrected chi connectivity index (χ0v) is 11.2. The topological polar surface area (TPSA) is 37.3 Å². The summed E-state index contributed by atoms with van der Waals surface area (Å²) in [4.78, 5) is 11.7. The summed E-state index contributed by atoms with van der Waals surface area (Å²) in [5.41, 5.74) is 1.40. The van der Waals surface area contributed by atoms with Gasteiger partial charge < -0.3 is 5.11 Å². The molecule has 18 heavy (non-hydrogen) atoms. The second-order valence-corrected chi connectivity index (χ2v) is 4.97. The van der Waals surface area contributed by atoms with Gasteiger partial charge in [0.05, 0.1) is 4.83 Å². The highest BCUT2D eigenvalue weighted by Gasteiger charge is 2.25. The number of Topliss-reactive ketones (excluding diaryl/α,β-unsaturated/α-hetero) is 1. The Kier molecular flexibility index (Phi) is 4.28. The van der Waals surface area contributed by atoms with Crippen LogP contribution in [-0.2, 0) is 0 Å². The minimum absolute atomic E-state index is 0.277. The van der Waals surface area contributed by atoms with Gasteiger partial charge in [-0.25, -0.2) is 0 Å². The molecule has 0 unspecified atom stereocenters. The first kappa shape index (κ1) is 13.0. The third-order valence-electron chi connectivity index (χ3n) is 2.72. The fourth-order valence-electron chi connectivity index (χ4n) is 1.73. The van der Waals surface area contributed by atoms with Crippen LogP contribution in [0.4, 0.5) is 0 Å². The van der Waals surface area contributed by atoms with Crippen molar-refractivity contribution < 1.29 is 9.90 Å². The third kappa shape index (κ3) is 2.86. The molecule has 0 aliphatic rings. The van der Waals surface area contributed by atoms with E-state index < -0.39 is 10.9 Å². The Hall–Kier alpha value is -1.45. The lowest BCUT2D eigenvalue weighted by Crippen LogP contribution is -2.25. The Balaban J connectivity index is 2.17. The summed E-state index contributed by atoms with van der Waals surface area (Å²) >= 11 is 3.38. The predicted molar refractivity (Wildman–Crippen MR) is 74.9 cm³/mol. The summed E-state index contributed by atoms with van der Waals surface area (Å²) < 4.78 is 0. The Morgan fingerprint density at radius 1 is 0.944 bits per heavy atom. The van der Waals surface area contributed by atoms with Crippen molar-refractivity contribution in [1.82, 2.24) is 0 Å². The molecule has 0 aliphatic carbocycles. The minimum atomic E-state index is -1.09. The number of rotatable bonds is 4. The van der Waals surface area contributed by atoms with Crippen molar-refractivity contribution in [3.05, 3.63) is 71.8 Å². The van der Waals surface area contributed by atoms with Gasteiger partial charge in [-0.1, -0.05) is 76.6 Å². The lowest BCUT2D eigenvalue weighted by atomic mass is 10.00. The van der Waals surface area contributed by atoms with E-state index in [-0.39, 0.29) is 5.78 Å². The number of aliphatic hydroxyl groups excluding tert-OH is 1. The molecule has 3 heteroatoms. The van der Waals surface area contributed by atoms with Crippen LogP contribution in [0.1, 0.15) is 20.7 Å². The zero-order chi connectivity index (χ0) is 13.0. The van der Waals surface area contributed by atoms with E-state index >= 15 is 0 Å². The van der Waals surface area contributed by atoms with Gasteiger partial charge in [-0.2, -0.15) is 0 Å². The maximum Gasteiger partial charge on any atom is 0.192 e. The molecule has 2 rings (SSSR count). The number of carbonyl (C=O) groups is 1. The summed E-state index contributed by atoms with van der Waals surface area (Å²) in [5, 5.41) is 10.1. The van der Waals surface area contributed by atoms with Crippen LogP contribution in [0.5, 0.6) is 0 Å². The van der Waals surface area contributed by atoms with Crippen LogP contribution < -0.4 is 0 Å². The average molecular weight is 305 g/mol. The van der Waals surface area contributed by atoms with Gasteiger partial charge in [-0.15, -0.1) is 0 Å². The molecule has 0 aliphatic heterocycles. The van der Waals surface area contributed by atoms with Crippen molar-refractivity contribution in [2.24, 2.45) is 0 Å². The number of halogens is 1. The van der Waals surface area contributed by atoms with Crippen molar-refractivity contribution in [3.8, 4) is 0 Å². The number of aliphatic hydroxyl groups is 1. The quantitative estimate of drug-likeness (QED) is 0.694. The molecule has 0 radical (unpaired) electrons. The lowest BCUT2D eigenvalue weighted by molar-refractivity contribution is 0.0746. The van der Waals surface area contributed by atoms with Crippen molar-refractivity contribution in [2.45, 2.75) is 10.9 Å². The smallest absolute Gasteiger partial charge is 0.192 e. The number of hydrogen-bond donors (Lipinski definition) is 1. The zero-order valence-electron chi connectivity index (χ0n) is 9.66. The van der Waals surface area contributed by atoms with Gasteiger partial charge >= 0.3 is 0 Å². The van der Waals surface area contributed by atoms with Crippen molar-refractivity contribution in [1.29, 1.82) is 0 Å². The second kappa shape index (κ2) is 5.94. The first-order valence-electron chi connectivity index (χ1n) is 5.66. The van der Waals surface area contributed by atoms with Crippen LogP contribution in [-0.4, -0.2) is 17.0 Å². The Morgan fingerprint density at radius 2 is 1.44 bits per heavy atom. The van der Waals surface area contributed by atoms with Crippen LogP contribution in [0.3, 0.4) is 0 Å². The van der Waals surface area contributed by atoms with Crippen molar-refractivity contribution in [3.63, 3.8) is 0 Å². The summed E-state index contributed by atoms with van der Waals surface area (Å²) in [6, 6.07) is 18.2. The molecule has 0 amide bonds. The lowest BCUT2D eigenvalue weighted by Gasteiger charge is -2.16. The van der Waals surface area contributed by atoms with E-state index in [2.05, 4.69) is 15.9 Å². The van der Waals surface area contributed by atoms with Gasteiger partial charge in [0, 0.05) is 5.56 Å². The highest BCUT2D eigenvalue weighted by atomic mass is 79.9. The van der Waals surface area contributed by atoms with Gasteiger partial charge in [0.15, 0.2) is 5.78 Å². The molecular weight excluding hydrogens is 292 g/mol. The molecule has 2 nitrogen and oxygen atoms in total. The molecule has 1 N–H and O–H groups in total. The van der Waals surface area contributed by atoms with Crippen molar-refractivity contribution >= 4 is 21.7 Å². The highest BCUT2D eigenvalue weighted by Crippen LogP contribution is 2.28. The number of alkyl halides is 1. The van der Waals surface area contributed by atoms with Gasteiger partial charge in [-0.3, -0.25) is 4.79 Å². The second-order valence-electron chi connectivity index (χ2n) is 3.99. The molecule has 0 aromatic heterocycles. The summed E-state index contributed by atoms with van der Waals surface area (Å²) in [7, 11) is 0. The van der Waals surface area contributed by atoms with Crippen LogP contribution in [0, 0.1) is 0 Å². The van der Waals surface area contributed by atoms with Crippen molar-refractivity contribution in [2.75, 3.05) is 0 Å². The molecular formula is C15H13BrO2. The fourth-order valence-corrected chi connectivity index (χ4v) is 2.27. The molecule has 92 valence electrons. The SMILES string of the molecule is O=C(c1ccccc1)[C@@H](O)[C@H](Br)c1ccccc1. The predicted octanol–water partition coefficient (Wildman–Crippen LogP) is 3.37. The molecule has 0 spiro atoms. The molecule has 0 saturated carbocycles. The first-order chi connectivity index (χ1) is 8.70. The summed E-state index contributed by atoms with van der Waals surface area (Å²) in [6.45, 7) is 0. The normalized spacial score (nSPS) is 13.9. The number of carbonyl (C=O) groups excluding carboxylic acids is 1. The van der Waals surface area contributed by atoms with Gasteiger partial charge in [-0.05, 0) is 5.56 Å². The molecule has 2 aromatic rings. The van der Waals surface area contributed by atoms with E-state index in [0.29, 0.717) is 5.56 Å². The minimum Gasteiger partial charge on any atom is -0.383 e. The maximum absolute atomic E-state index is 12.1. The fraction of sp³-hybridized carbons (Fsp3) is 0.133. The third-order valence-corrected chi connectivity index (χ3v) is 3.75. The van der Waals surface area contributed by atoms with Gasteiger partial charge in [0.1, 0.15) is 6.10 Å². The van der Waals surface area contributed by atoms with Crippen LogP contribution in [0.25, 0.3) is 0 Å². The largest absolute Gasteiger partial charge is 0.383 e. The standard InChI is InChI=1S/C15H13BrO2/c16-13(11-7-3-1-4-8-11)15(18)14(17)12-9-5-2-6-10-12/h1-10,13,15,18H/t13-,15+/m1/s1. The van der Waals surface area contributed by atoms with E-state index in [1.807, 2.05) is 36.4 Å². The molecule has 0 bridgehead atoms. The van der Waals surface area contributed by atoms with Crippen LogP contribution in [0.15, 0.2) is 60.7 Å². The van der Waals surface area contributed by atoms with Crippen LogP contribution in [0.2, 0.25) is 0 Å². The molecule has 2 atom stereocenters. The first-order valence-corrected chi connectivity index (χ1v) is 6.58. The van der Waals surface area contributed by atoms with E-state index in [4.69, 9.17) is 0 Å². The molecule has 0 heterocycles. The number of hydrogen-bond acceptors (Lipinski definition) is 2. The monoisotopic (exact) mass is 304 g/mol. The average Bonchev–Trinajstić information content (AvgIpc) is 2.47. The molecule has 0 fully saturated rings. The van der Waals surface area contributed by atoms with E-state index in [1.165, 1.54) is 0 Å². The molecule has 2 aromatic carbocycles. The Morgan fingerprint density at radius 3 is 2.00 bits per heavy atom.